The largest absolute Gasteiger partial charge is 0.466 e. The minimum atomic E-state index is 0.0994. The lowest BCUT2D eigenvalue weighted by Gasteiger charge is -2.11. The standard InChI is InChI=1S/C13H21NO/c1-5-6-7-8-12(14)13-9(2)10(3)15-11(13)4/h5,12H,1,6-8,14H2,2-4H3. The molecule has 1 aromatic rings. The van der Waals surface area contributed by atoms with Crippen LogP contribution in [0.15, 0.2) is 17.1 Å². The first-order valence-corrected chi connectivity index (χ1v) is 5.51. The van der Waals surface area contributed by atoms with E-state index in [1.807, 2.05) is 19.9 Å². The van der Waals surface area contributed by atoms with Gasteiger partial charge in [-0.15, -0.1) is 6.58 Å². The van der Waals surface area contributed by atoms with E-state index in [1.54, 1.807) is 0 Å². The Labute approximate surface area is 92.2 Å². The minimum Gasteiger partial charge on any atom is -0.466 e. The lowest BCUT2D eigenvalue weighted by Crippen LogP contribution is -2.11. The van der Waals surface area contributed by atoms with Crippen LogP contribution in [-0.4, -0.2) is 0 Å². The van der Waals surface area contributed by atoms with E-state index in [4.69, 9.17) is 10.2 Å². The molecule has 0 bridgehead atoms. The van der Waals surface area contributed by atoms with Gasteiger partial charge in [-0.05, 0) is 45.6 Å². The van der Waals surface area contributed by atoms with Crippen molar-refractivity contribution in [2.45, 2.75) is 46.1 Å². The molecule has 0 aliphatic rings. The van der Waals surface area contributed by atoms with Gasteiger partial charge in [0, 0.05) is 11.6 Å². The average molecular weight is 207 g/mol. The second-order valence-electron chi connectivity index (χ2n) is 4.08. The highest BCUT2D eigenvalue weighted by atomic mass is 16.3. The average Bonchev–Trinajstić information content (AvgIpc) is 2.41. The summed E-state index contributed by atoms with van der Waals surface area (Å²) in [5.41, 5.74) is 8.55. The zero-order valence-electron chi connectivity index (χ0n) is 9.97. The van der Waals surface area contributed by atoms with E-state index in [9.17, 15) is 0 Å². The first kappa shape index (κ1) is 12.1. The molecule has 84 valence electrons. The van der Waals surface area contributed by atoms with E-state index in [1.165, 1.54) is 11.1 Å². The Hall–Kier alpha value is -1.02. The van der Waals surface area contributed by atoms with Crippen LogP contribution in [0.1, 0.15) is 48.0 Å². The summed E-state index contributed by atoms with van der Waals surface area (Å²) >= 11 is 0. The van der Waals surface area contributed by atoms with Crippen molar-refractivity contribution in [3.63, 3.8) is 0 Å². The van der Waals surface area contributed by atoms with Gasteiger partial charge in [0.05, 0.1) is 0 Å². The van der Waals surface area contributed by atoms with Crippen LogP contribution in [0, 0.1) is 20.8 Å². The fourth-order valence-electron chi connectivity index (χ4n) is 1.98. The molecule has 0 saturated heterocycles. The molecule has 1 heterocycles. The van der Waals surface area contributed by atoms with Gasteiger partial charge in [0.15, 0.2) is 0 Å². The third-order valence-corrected chi connectivity index (χ3v) is 2.91. The van der Waals surface area contributed by atoms with E-state index in [0.29, 0.717) is 0 Å². The Bertz CT molecular complexity index is 339. The Morgan fingerprint density at radius 2 is 2.00 bits per heavy atom. The van der Waals surface area contributed by atoms with E-state index in [2.05, 4.69) is 13.5 Å². The van der Waals surface area contributed by atoms with Crippen molar-refractivity contribution in [1.82, 2.24) is 0 Å². The molecular weight excluding hydrogens is 186 g/mol. The van der Waals surface area contributed by atoms with Crippen LogP contribution in [0.3, 0.4) is 0 Å². The summed E-state index contributed by atoms with van der Waals surface area (Å²) in [6, 6.07) is 0.0994. The number of rotatable bonds is 5. The summed E-state index contributed by atoms with van der Waals surface area (Å²) in [4.78, 5) is 0. The zero-order chi connectivity index (χ0) is 11.4. The third kappa shape index (κ3) is 2.72. The van der Waals surface area contributed by atoms with Crippen molar-refractivity contribution in [2.75, 3.05) is 0 Å². The summed E-state index contributed by atoms with van der Waals surface area (Å²) < 4.78 is 5.57. The van der Waals surface area contributed by atoms with Gasteiger partial charge in [0.2, 0.25) is 0 Å². The minimum absolute atomic E-state index is 0.0994. The van der Waals surface area contributed by atoms with Crippen LogP contribution < -0.4 is 5.73 Å². The van der Waals surface area contributed by atoms with Gasteiger partial charge in [0.1, 0.15) is 11.5 Å². The molecule has 2 N–H and O–H groups in total. The van der Waals surface area contributed by atoms with E-state index in [-0.39, 0.29) is 6.04 Å². The van der Waals surface area contributed by atoms with E-state index < -0.39 is 0 Å². The first-order chi connectivity index (χ1) is 7.07. The Kier molecular flexibility index (Phi) is 4.15. The Morgan fingerprint density at radius 1 is 1.33 bits per heavy atom. The number of hydrogen-bond donors (Lipinski definition) is 1. The third-order valence-electron chi connectivity index (χ3n) is 2.91. The zero-order valence-corrected chi connectivity index (χ0v) is 9.97. The molecule has 1 unspecified atom stereocenters. The maximum absolute atomic E-state index is 6.16. The van der Waals surface area contributed by atoms with Gasteiger partial charge in [-0.3, -0.25) is 0 Å². The molecule has 0 aliphatic carbocycles. The van der Waals surface area contributed by atoms with Crippen molar-refractivity contribution in [3.8, 4) is 0 Å². The van der Waals surface area contributed by atoms with E-state index >= 15 is 0 Å². The number of aryl methyl sites for hydroxylation is 2. The maximum atomic E-state index is 6.16. The molecule has 0 spiro atoms. The Balaban J connectivity index is 2.72. The van der Waals surface area contributed by atoms with Crippen molar-refractivity contribution >= 4 is 0 Å². The predicted molar refractivity (Wildman–Crippen MR) is 63.9 cm³/mol. The lowest BCUT2D eigenvalue weighted by atomic mass is 9.98. The quantitative estimate of drug-likeness (QED) is 0.592. The van der Waals surface area contributed by atoms with Gasteiger partial charge in [-0.25, -0.2) is 0 Å². The predicted octanol–water partition coefficient (Wildman–Crippen LogP) is 3.56. The number of allylic oxidation sites excluding steroid dienone is 1. The molecule has 0 radical (unpaired) electrons. The van der Waals surface area contributed by atoms with Crippen LogP contribution in [0.25, 0.3) is 0 Å². The van der Waals surface area contributed by atoms with Crippen molar-refractivity contribution in [2.24, 2.45) is 5.73 Å². The first-order valence-electron chi connectivity index (χ1n) is 5.51. The fourth-order valence-corrected chi connectivity index (χ4v) is 1.98. The van der Waals surface area contributed by atoms with Crippen LogP contribution in [0.2, 0.25) is 0 Å². The maximum Gasteiger partial charge on any atom is 0.106 e. The molecule has 0 aliphatic heterocycles. The highest BCUT2D eigenvalue weighted by Crippen LogP contribution is 2.28. The smallest absolute Gasteiger partial charge is 0.106 e. The van der Waals surface area contributed by atoms with Gasteiger partial charge in [0.25, 0.3) is 0 Å². The molecule has 1 rings (SSSR count). The van der Waals surface area contributed by atoms with Gasteiger partial charge in [-0.1, -0.05) is 6.08 Å². The molecule has 2 heteroatoms. The molecule has 0 amide bonds. The van der Waals surface area contributed by atoms with Crippen LogP contribution >= 0.6 is 0 Å². The van der Waals surface area contributed by atoms with Gasteiger partial charge >= 0.3 is 0 Å². The van der Waals surface area contributed by atoms with Gasteiger partial charge < -0.3 is 10.2 Å². The van der Waals surface area contributed by atoms with E-state index in [0.717, 1.165) is 30.8 Å². The summed E-state index contributed by atoms with van der Waals surface area (Å²) in [7, 11) is 0. The lowest BCUT2D eigenvalue weighted by molar-refractivity contribution is 0.493. The molecule has 0 aromatic carbocycles. The van der Waals surface area contributed by atoms with Crippen LogP contribution in [0.4, 0.5) is 0 Å². The van der Waals surface area contributed by atoms with Crippen LogP contribution in [-0.2, 0) is 0 Å². The molecule has 0 fully saturated rings. The monoisotopic (exact) mass is 207 g/mol. The number of hydrogen-bond acceptors (Lipinski definition) is 2. The summed E-state index contributed by atoms with van der Waals surface area (Å²) in [5.74, 6) is 1.96. The number of nitrogens with two attached hydrogens (primary N) is 1. The Morgan fingerprint density at radius 3 is 2.47 bits per heavy atom. The number of furan rings is 1. The summed E-state index contributed by atoms with van der Waals surface area (Å²) in [6.45, 7) is 9.77. The van der Waals surface area contributed by atoms with Gasteiger partial charge in [-0.2, -0.15) is 0 Å². The van der Waals surface area contributed by atoms with Crippen molar-refractivity contribution in [1.29, 1.82) is 0 Å². The summed E-state index contributed by atoms with van der Waals surface area (Å²) in [6.07, 6.45) is 5.05. The second-order valence-corrected chi connectivity index (χ2v) is 4.08. The molecular formula is C13H21NO. The second kappa shape index (κ2) is 5.17. The summed E-state index contributed by atoms with van der Waals surface area (Å²) in [5, 5.41) is 0. The SMILES string of the molecule is C=CCCCC(N)c1c(C)oc(C)c1C. The topological polar surface area (TPSA) is 39.2 Å². The highest BCUT2D eigenvalue weighted by molar-refractivity contribution is 5.33. The van der Waals surface area contributed by atoms with Crippen molar-refractivity contribution in [3.05, 3.63) is 35.3 Å². The molecule has 1 aromatic heterocycles. The molecule has 0 saturated carbocycles. The molecule has 15 heavy (non-hydrogen) atoms. The van der Waals surface area contributed by atoms with Crippen molar-refractivity contribution < 1.29 is 4.42 Å². The highest BCUT2D eigenvalue weighted by Gasteiger charge is 2.17. The molecule has 2 nitrogen and oxygen atoms in total. The van der Waals surface area contributed by atoms with Crippen LogP contribution in [0.5, 0.6) is 0 Å². The molecule has 1 atom stereocenters. The normalized spacial score (nSPS) is 12.8. The fraction of sp³-hybridized carbons (Fsp3) is 0.538. The number of unbranched alkanes of at least 4 members (excludes halogenated alkanes) is 1.